The van der Waals surface area contributed by atoms with Crippen molar-refractivity contribution in [3.05, 3.63) is 24.3 Å². The van der Waals surface area contributed by atoms with Gasteiger partial charge in [0.15, 0.2) is 5.84 Å². The predicted molar refractivity (Wildman–Crippen MR) is 105 cm³/mol. The third-order valence-electron chi connectivity index (χ3n) is 3.80. The molecule has 1 aromatic rings. The van der Waals surface area contributed by atoms with Crippen LogP contribution in [0.5, 0.6) is 0 Å². The Hall–Kier alpha value is -3.28. The number of alkyl carbamates (subject to hydrolysis) is 1. The van der Waals surface area contributed by atoms with Gasteiger partial charge in [0.1, 0.15) is 11.7 Å². The maximum absolute atomic E-state index is 12.0. The Morgan fingerprint density at radius 3 is 2.78 bits per heavy atom. The molecule has 5 N–H and O–H groups in total. The number of hydrogen-bond acceptors (Lipinski definition) is 7. The summed E-state index contributed by atoms with van der Waals surface area (Å²) in [5, 5.41) is 23.0. The highest BCUT2D eigenvalue weighted by molar-refractivity contribution is 6.45. The van der Waals surface area contributed by atoms with Crippen molar-refractivity contribution >= 4 is 29.0 Å². The SMILES string of the molecule is CC(C)(C)OC(=O)NC1CCN(c2ccccc2N/N=C(\C#N)C(=N)N)C1. The third kappa shape index (κ3) is 5.88. The van der Waals surface area contributed by atoms with Gasteiger partial charge in [-0.3, -0.25) is 10.8 Å². The average molecular weight is 371 g/mol. The number of hydrogen-bond donors (Lipinski definition) is 4. The number of anilines is 2. The smallest absolute Gasteiger partial charge is 0.407 e. The van der Waals surface area contributed by atoms with Crippen LogP contribution < -0.4 is 21.4 Å². The van der Waals surface area contributed by atoms with E-state index < -0.39 is 17.5 Å². The number of hydrazone groups is 1. The molecular weight excluding hydrogens is 346 g/mol. The van der Waals surface area contributed by atoms with Gasteiger partial charge in [-0.1, -0.05) is 12.1 Å². The molecule has 1 heterocycles. The van der Waals surface area contributed by atoms with E-state index in [2.05, 4.69) is 20.7 Å². The molecule has 0 radical (unpaired) electrons. The molecule has 1 unspecified atom stereocenters. The first-order valence-electron chi connectivity index (χ1n) is 8.61. The zero-order valence-electron chi connectivity index (χ0n) is 15.7. The van der Waals surface area contributed by atoms with E-state index in [0.717, 1.165) is 18.7 Å². The molecule has 0 spiro atoms. The number of nitrogens with two attached hydrogens (primary N) is 1. The molecule has 0 saturated carbocycles. The first-order valence-corrected chi connectivity index (χ1v) is 8.61. The summed E-state index contributed by atoms with van der Waals surface area (Å²) in [5.74, 6) is -0.398. The fourth-order valence-electron chi connectivity index (χ4n) is 2.68. The van der Waals surface area contributed by atoms with Crippen LogP contribution in [0.1, 0.15) is 27.2 Å². The molecule has 0 aromatic heterocycles. The van der Waals surface area contributed by atoms with Crippen LogP contribution in [-0.4, -0.2) is 42.4 Å². The van der Waals surface area contributed by atoms with Crippen LogP contribution in [0.15, 0.2) is 29.4 Å². The molecule has 1 atom stereocenters. The van der Waals surface area contributed by atoms with Gasteiger partial charge >= 0.3 is 6.09 Å². The highest BCUT2D eigenvalue weighted by atomic mass is 16.6. The number of amides is 1. The van der Waals surface area contributed by atoms with Gasteiger partial charge in [-0.15, -0.1) is 0 Å². The monoisotopic (exact) mass is 371 g/mol. The number of amidine groups is 1. The lowest BCUT2D eigenvalue weighted by atomic mass is 10.2. The van der Waals surface area contributed by atoms with E-state index in [1.807, 2.05) is 45.0 Å². The van der Waals surface area contributed by atoms with Crippen molar-refractivity contribution in [3.8, 4) is 6.07 Å². The van der Waals surface area contributed by atoms with E-state index in [9.17, 15) is 4.79 Å². The molecule has 27 heavy (non-hydrogen) atoms. The molecule has 1 saturated heterocycles. The highest BCUT2D eigenvalue weighted by Gasteiger charge is 2.27. The minimum Gasteiger partial charge on any atom is -0.444 e. The minimum absolute atomic E-state index is 0.0247. The number of para-hydroxylation sites is 2. The Kier molecular flexibility index (Phi) is 6.23. The van der Waals surface area contributed by atoms with Crippen LogP contribution in [0.2, 0.25) is 0 Å². The van der Waals surface area contributed by atoms with Crippen molar-refractivity contribution in [2.75, 3.05) is 23.4 Å². The van der Waals surface area contributed by atoms with E-state index in [1.54, 1.807) is 6.07 Å². The van der Waals surface area contributed by atoms with Gasteiger partial charge in [0.05, 0.1) is 17.4 Å². The van der Waals surface area contributed by atoms with Crippen molar-refractivity contribution in [1.82, 2.24) is 5.32 Å². The Morgan fingerprint density at radius 2 is 2.15 bits per heavy atom. The summed E-state index contributed by atoms with van der Waals surface area (Å²) < 4.78 is 5.30. The summed E-state index contributed by atoms with van der Waals surface area (Å²) in [5.41, 5.74) is 8.96. The van der Waals surface area contributed by atoms with Gasteiger partial charge in [-0.25, -0.2) is 4.79 Å². The van der Waals surface area contributed by atoms with Gasteiger partial charge in [-0.2, -0.15) is 10.4 Å². The first-order chi connectivity index (χ1) is 12.7. The summed E-state index contributed by atoms with van der Waals surface area (Å²) in [7, 11) is 0. The van der Waals surface area contributed by atoms with Crippen LogP contribution in [-0.2, 0) is 4.74 Å². The lowest BCUT2D eigenvalue weighted by Gasteiger charge is -2.23. The normalized spacial score (nSPS) is 17.2. The summed E-state index contributed by atoms with van der Waals surface area (Å²) in [6.07, 6.45) is 0.360. The predicted octanol–water partition coefficient (Wildman–Crippen LogP) is 2.02. The van der Waals surface area contributed by atoms with E-state index in [-0.39, 0.29) is 11.8 Å². The largest absolute Gasteiger partial charge is 0.444 e. The van der Waals surface area contributed by atoms with Gasteiger partial charge < -0.3 is 20.7 Å². The topological polar surface area (TPSA) is 140 Å². The maximum atomic E-state index is 12.0. The average Bonchev–Trinajstić information content (AvgIpc) is 3.01. The number of benzene rings is 1. The standard InChI is InChI=1S/C18H25N7O2/c1-18(2,3)27-17(26)22-12-8-9-25(11-12)15-7-5-4-6-13(15)23-24-14(10-19)16(20)21/h4-7,12,23H,8-9,11H2,1-3H3,(H3,20,21)(H,22,26)/b24-14+. The zero-order valence-corrected chi connectivity index (χ0v) is 15.7. The Morgan fingerprint density at radius 1 is 1.44 bits per heavy atom. The van der Waals surface area contributed by atoms with Crippen LogP contribution in [0, 0.1) is 16.7 Å². The Labute approximate surface area is 158 Å². The van der Waals surface area contributed by atoms with Crippen molar-refractivity contribution in [2.45, 2.75) is 38.8 Å². The zero-order chi connectivity index (χ0) is 20.0. The Bertz CT molecular complexity index is 777. The van der Waals surface area contributed by atoms with Gasteiger partial charge in [0.25, 0.3) is 0 Å². The second-order valence-electron chi connectivity index (χ2n) is 7.19. The fraction of sp³-hybridized carbons (Fsp3) is 0.444. The summed E-state index contributed by atoms with van der Waals surface area (Å²) >= 11 is 0. The molecule has 1 amide bonds. The number of carbonyl (C=O) groups excluding carboxylic acids is 1. The molecule has 2 rings (SSSR count). The quantitative estimate of drug-likeness (QED) is 0.355. The molecule has 1 aliphatic heterocycles. The molecule has 1 fully saturated rings. The second-order valence-corrected chi connectivity index (χ2v) is 7.19. The minimum atomic E-state index is -0.536. The highest BCUT2D eigenvalue weighted by Crippen LogP contribution is 2.29. The lowest BCUT2D eigenvalue weighted by molar-refractivity contribution is 0.0509. The molecule has 144 valence electrons. The molecule has 0 bridgehead atoms. The summed E-state index contributed by atoms with van der Waals surface area (Å²) in [4.78, 5) is 14.1. The van der Waals surface area contributed by atoms with Crippen LogP contribution in [0.4, 0.5) is 16.2 Å². The number of nitrogens with one attached hydrogen (secondary N) is 3. The van der Waals surface area contributed by atoms with Crippen molar-refractivity contribution in [1.29, 1.82) is 10.7 Å². The number of carbonyl (C=O) groups is 1. The van der Waals surface area contributed by atoms with Crippen molar-refractivity contribution in [3.63, 3.8) is 0 Å². The molecule has 1 aliphatic rings. The molecule has 1 aromatic carbocycles. The molecule has 0 aliphatic carbocycles. The lowest BCUT2D eigenvalue weighted by Crippen LogP contribution is -2.40. The third-order valence-corrected chi connectivity index (χ3v) is 3.80. The molecule has 9 heteroatoms. The molecule has 9 nitrogen and oxygen atoms in total. The number of nitrogens with zero attached hydrogens (tertiary/aromatic N) is 3. The second kappa shape index (κ2) is 8.40. The van der Waals surface area contributed by atoms with E-state index in [4.69, 9.17) is 21.1 Å². The first kappa shape index (κ1) is 20.0. The molecular formula is C18H25N7O2. The van der Waals surface area contributed by atoms with Crippen LogP contribution in [0.25, 0.3) is 0 Å². The fourth-order valence-corrected chi connectivity index (χ4v) is 2.68. The van der Waals surface area contributed by atoms with Crippen LogP contribution in [0.3, 0.4) is 0 Å². The van der Waals surface area contributed by atoms with Gasteiger partial charge in [0, 0.05) is 13.1 Å². The van der Waals surface area contributed by atoms with Gasteiger partial charge in [-0.05, 0) is 39.3 Å². The number of rotatable bonds is 5. The maximum Gasteiger partial charge on any atom is 0.407 e. The number of nitriles is 1. The van der Waals surface area contributed by atoms with Gasteiger partial charge in [0.2, 0.25) is 5.71 Å². The van der Waals surface area contributed by atoms with Crippen molar-refractivity contribution < 1.29 is 9.53 Å². The van der Waals surface area contributed by atoms with Crippen LogP contribution >= 0.6 is 0 Å². The number of ether oxygens (including phenoxy) is 1. The van der Waals surface area contributed by atoms with E-state index in [0.29, 0.717) is 12.2 Å². The summed E-state index contributed by atoms with van der Waals surface area (Å²) in [6.45, 7) is 6.85. The Balaban J connectivity index is 2.05. The van der Waals surface area contributed by atoms with Crippen molar-refractivity contribution in [2.24, 2.45) is 10.8 Å². The van der Waals surface area contributed by atoms with E-state index in [1.165, 1.54) is 0 Å². The van der Waals surface area contributed by atoms with E-state index >= 15 is 0 Å². The summed E-state index contributed by atoms with van der Waals surface area (Å²) in [6, 6.07) is 9.23.